The number of carbonyl (C=O) groups is 2. The van der Waals surface area contributed by atoms with Crippen molar-refractivity contribution in [3.8, 4) is 5.75 Å². The second-order valence-corrected chi connectivity index (χ2v) is 6.45. The van der Waals surface area contributed by atoms with Crippen molar-refractivity contribution in [2.45, 2.75) is 25.4 Å². The summed E-state index contributed by atoms with van der Waals surface area (Å²) in [6, 6.07) is 5.38. The van der Waals surface area contributed by atoms with Crippen LogP contribution in [-0.2, 0) is 11.8 Å². The van der Waals surface area contributed by atoms with Crippen molar-refractivity contribution in [1.29, 1.82) is 0 Å². The number of benzene rings is 1. The highest BCUT2D eigenvalue weighted by atomic mass is 16.5. The van der Waals surface area contributed by atoms with Gasteiger partial charge in [0.1, 0.15) is 11.9 Å². The number of urea groups is 1. The van der Waals surface area contributed by atoms with Crippen molar-refractivity contribution in [2.75, 3.05) is 24.5 Å². The number of nitrogens with zero attached hydrogens (tertiary/aromatic N) is 3. The molecule has 2 fully saturated rings. The number of hydrogen-bond donors (Lipinski definition) is 2. The maximum Gasteiger partial charge on any atom is 0.329 e. The van der Waals surface area contributed by atoms with Crippen LogP contribution in [0.5, 0.6) is 5.75 Å². The Morgan fingerprint density at radius 1 is 1.24 bits per heavy atom. The molecular formula is C17H21N5O3. The molecule has 0 atom stereocenters. The molecule has 0 aliphatic carbocycles. The molecular weight excluding hydrogens is 322 g/mol. The monoisotopic (exact) mass is 343 g/mol. The summed E-state index contributed by atoms with van der Waals surface area (Å²) in [6.45, 7) is 2.29. The standard InChI is InChI=1S/C17H21N5O3/c1-21-14-10-12(25-11-4-7-18-8-5-11)2-3-13(14)16(20-21)22-9-6-15(23)19-17(22)24/h2-3,10-11,18H,4-9H2,1H3,(H,19,23,24). The number of imide groups is 1. The number of fused-ring (bicyclic) bond motifs is 1. The van der Waals surface area contributed by atoms with Gasteiger partial charge in [0.05, 0.1) is 5.52 Å². The third-order valence-corrected chi connectivity index (χ3v) is 4.70. The molecule has 3 amide bonds. The van der Waals surface area contributed by atoms with E-state index in [4.69, 9.17) is 4.74 Å². The predicted octanol–water partition coefficient (Wildman–Crippen LogP) is 1.15. The first-order valence-corrected chi connectivity index (χ1v) is 8.57. The molecule has 1 aromatic carbocycles. The largest absolute Gasteiger partial charge is 0.490 e. The molecule has 2 saturated heterocycles. The summed E-state index contributed by atoms with van der Waals surface area (Å²) >= 11 is 0. The number of amides is 3. The zero-order valence-corrected chi connectivity index (χ0v) is 14.1. The predicted molar refractivity (Wildman–Crippen MR) is 92.7 cm³/mol. The van der Waals surface area contributed by atoms with Crippen LogP contribution in [0.3, 0.4) is 0 Å². The Balaban J connectivity index is 1.62. The van der Waals surface area contributed by atoms with Gasteiger partial charge in [-0.15, -0.1) is 0 Å². The molecule has 0 spiro atoms. The lowest BCUT2D eigenvalue weighted by molar-refractivity contribution is -0.120. The molecule has 2 aliphatic rings. The van der Waals surface area contributed by atoms with Crippen LogP contribution in [0.4, 0.5) is 10.6 Å². The molecule has 132 valence electrons. The van der Waals surface area contributed by atoms with Gasteiger partial charge in [0.15, 0.2) is 5.82 Å². The van der Waals surface area contributed by atoms with Gasteiger partial charge in [-0.1, -0.05) is 0 Å². The number of anilines is 1. The molecule has 1 aromatic heterocycles. The fourth-order valence-electron chi connectivity index (χ4n) is 3.36. The molecule has 8 nitrogen and oxygen atoms in total. The molecule has 4 rings (SSSR count). The first-order chi connectivity index (χ1) is 12.1. The van der Waals surface area contributed by atoms with Crippen molar-refractivity contribution < 1.29 is 14.3 Å². The molecule has 0 unspecified atom stereocenters. The summed E-state index contributed by atoms with van der Waals surface area (Å²) < 4.78 is 7.83. The number of aryl methyl sites for hydroxylation is 1. The Bertz CT molecular complexity index is 825. The summed E-state index contributed by atoms with van der Waals surface area (Å²) in [5, 5.41) is 11.0. The lowest BCUT2D eigenvalue weighted by atomic mass is 10.1. The Morgan fingerprint density at radius 2 is 2.04 bits per heavy atom. The molecule has 2 aromatic rings. The van der Waals surface area contributed by atoms with E-state index >= 15 is 0 Å². The Hall–Kier alpha value is -2.61. The zero-order valence-electron chi connectivity index (χ0n) is 14.1. The van der Waals surface area contributed by atoms with Gasteiger partial charge in [-0.05, 0) is 38.1 Å². The Kier molecular flexibility index (Phi) is 4.04. The van der Waals surface area contributed by atoms with Crippen LogP contribution in [0.1, 0.15) is 19.3 Å². The summed E-state index contributed by atoms with van der Waals surface area (Å²) in [5.74, 6) is 1.13. The van der Waals surface area contributed by atoms with E-state index in [0.29, 0.717) is 12.4 Å². The van der Waals surface area contributed by atoms with Crippen LogP contribution in [0.2, 0.25) is 0 Å². The minimum Gasteiger partial charge on any atom is -0.490 e. The first kappa shape index (κ1) is 15.9. The fourth-order valence-corrected chi connectivity index (χ4v) is 3.36. The maximum atomic E-state index is 12.1. The normalized spacial score (nSPS) is 19.3. The average Bonchev–Trinajstić information content (AvgIpc) is 2.92. The number of carbonyl (C=O) groups excluding carboxylic acids is 2. The quantitative estimate of drug-likeness (QED) is 0.873. The van der Waals surface area contributed by atoms with E-state index in [-0.39, 0.29) is 18.4 Å². The molecule has 3 heterocycles. The molecule has 2 N–H and O–H groups in total. The third-order valence-electron chi connectivity index (χ3n) is 4.70. The van der Waals surface area contributed by atoms with E-state index in [1.165, 1.54) is 4.90 Å². The topological polar surface area (TPSA) is 88.5 Å². The van der Waals surface area contributed by atoms with Crippen LogP contribution in [0.15, 0.2) is 18.2 Å². The Morgan fingerprint density at radius 3 is 2.80 bits per heavy atom. The highest BCUT2D eigenvalue weighted by Crippen LogP contribution is 2.30. The molecule has 8 heteroatoms. The van der Waals surface area contributed by atoms with E-state index < -0.39 is 6.03 Å². The average molecular weight is 343 g/mol. The third kappa shape index (κ3) is 3.05. The van der Waals surface area contributed by atoms with Gasteiger partial charge >= 0.3 is 6.03 Å². The highest BCUT2D eigenvalue weighted by Gasteiger charge is 2.28. The van der Waals surface area contributed by atoms with E-state index in [2.05, 4.69) is 15.7 Å². The van der Waals surface area contributed by atoms with Crippen molar-refractivity contribution >= 4 is 28.7 Å². The van der Waals surface area contributed by atoms with Gasteiger partial charge in [0, 0.05) is 31.5 Å². The fraction of sp³-hybridized carbons (Fsp3) is 0.471. The second-order valence-electron chi connectivity index (χ2n) is 6.45. The van der Waals surface area contributed by atoms with Crippen molar-refractivity contribution in [3.05, 3.63) is 18.2 Å². The van der Waals surface area contributed by atoms with Crippen LogP contribution in [0, 0.1) is 0 Å². The van der Waals surface area contributed by atoms with Crippen LogP contribution < -0.4 is 20.3 Å². The highest BCUT2D eigenvalue weighted by molar-refractivity contribution is 6.08. The summed E-state index contributed by atoms with van der Waals surface area (Å²) in [6.07, 6.45) is 2.50. The minimum absolute atomic E-state index is 0.227. The van der Waals surface area contributed by atoms with Crippen molar-refractivity contribution in [2.24, 2.45) is 7.05 Å². The van der Waals surface area contributed by atoms with E-state index in [1.807, 2.05) is 25.2 Å². The number of rotatable bonds is 3. The van der Waals surface area contributed by atoms with Gasteiger partial charge in [0.25, 0.3) is 0 Å². The summed E-state index contributed by atoms with van der Waals surface area (Å²) in [4.78, 5) is 25.0. The lowest BCUT2D eigenvalue weighted by Crippen LogP contribution is -2.49. The van der Waals surface area contributed by atoms with Gasteiger partial charge in [-0.25, -0.2) is 4.79 Å². The molecule has 0 saturated carbocycles. The summed E-state index contributed by atoms with van der Waals surface area (Å²) in [7, 11) is 1.84. The van der Waals surface area contributed by atoms with Gasteiger partial charge < -0.3 is 10.1 Å². The Labute approximate surface area is 145 Å². The number of aromatic nitrogens is 2. The molecule has 0 bridgehead atoms. The number of ether oxygens (including phenoxy) is 1. The molecule has 0 radical (unpaired) electrons. The summed E-state index contributed by atoms with van der Waals surface area (Å²) in [5.41, 5.74) is 0.895. The van der Waals surface area contributed by atoms with Crippen molar-refractivity contribution in [3.63, 3.8) is 0 Å². The SMILES string of the molecule is Cn1nc(N2CCC(=O)NC2=O)c2ccc(OC3CCNCC3)cc21. The van der Waals surface area contributed by atoms with Gasteiger partial charge in [-0.2, -0.15) is 5.10 Å². The zero-order chi connectivity index (χ0) is 17.4. The van der Waals surface area contributed by atoms with E-state index in [9.17, 15) is 9.59 Å². The first-order valence-electron chi connectivity index (χ1n) is 8.57. The van der Waals surface area contributed by atoms with Crippen molar-refractivity contribution in [1.82, 2.24) is 20.4 Å². The molecule has 2 aliphatic heterocycles. The smallest absolute Gasteiger partial charge is 0.329 e. The van der Waals surface area contributed by atoms with Crippen LogP contribution >= 0.6 is 0 Å². The van der Waals surface area contributed by atoms with E-state index in [1.54, 1.807) is 4.68 Å². The number of nitrogens with one attached hydrogen (secondary N) is 2. The van der Waals surface area contributed by atoms with Crippen LogP contribution in [-0.4, -0.2) is 47.5 Å². The number of hydrogen-bond acceptors (Lipinski definition) is 5. The number of piperidine rings is 1. The lowest BCUT2D eigenvalue weighted by Gasteiger charge is -2.25. The van der Waals surface area contributed by atoms with Crippen LogP contribution in [0.25, 0.3) is 10.9 Å². The molecule has 25 heavy (non-hydrogen) atoms. The maximum absolute atomic E-state index is 12.1. The minimum atomic E-state index is -0.425. The van der Waals surface area contributed by atoms with E-state index in [0.717, 1.165) is 42.6 Å². The van der Waals surface area contributed by atoms with Gasteiger partial charge in [-0.3, -0.25) is 19.7 Å². The second kappa shape index (κ2) is 6.36. The van der Waals surface area contributed by atoms with Gasteiger partial charge in [0.2, 0.25) is 5.91 Å².